The van der Waals surface area contributed by atoms with Crippen LogP contribution >= 0.6 is 11.6 Å². The molecule has 1 aliphatic rings. The van der Waals surface area contributed by atoms with Gasteiger partial charge in [0, 0.05) is 11.4 Å². The van der Waals surface area contributed by atoms with Gasteiger partial charge in [-0.05, 0) is 61.6 Å². The molecule has 2 aromatic carbocycles. The summed E-state index contributed by atoms with van der Waals surface area (Å²) in [6.45, 7) is 8.65. The monoisotopic (exact) mass is 416 g/mol. The van der Waals surface area contributed by atoms with Gasteiger partial charge in [-0.1, -0.05) is 49.7 Å². The topological polar surface area (TPSA) is 38.7 Å². The first-order valence-electron chi connectivity index (χ1n) is 10.2. The zero-order valence-corrected chi connectivity index (χ0v) is 18.7. The lowest BCUT2D eigenvalue weighted by atomic mass is 9.94. The molecule has 158 valence electrons. The van der Waals surface area contributed by atoms with Crippen molar-refractivity contribution in [3.05, 3.63) is 64.2 Å². The maximum atomic E-state index is 10.0. The van der Waals surface area contributed by atoms with Gasteiger partial charge in [0.25, 0.3) is 0 Å². The van der Waals surface area contributed by atoms with E-state index >= 15 is 0 Å². The van der Waals surface area contributed by atoms with Crippen molar-refractivity contribution in [1.29, 1.82) is 0 Å². The summed E-state index contributed by atoms with van der Waals surface area (Å²) in [5, 5.41) is 10.8. The summed E-state index contributed by atoms with van der Waals surface area (Å²) in [6, 6.07) is 14.1. The van der Waals surface area contributed by atoms with Gasteiger partial charge in [-0.2, -0.15) is 0 Å². The van der Waals surface area contributed by atoms with Gasteiger partial charge in [-0.15, -0.1) is 12.8 Å². The highest BCUT2D eigenvalue weighted by Crippen LogP contribution is 2.33. The van der Waals surface area contributed by atoms with E-state index in [1.165, 1.54) is 5.56 Å². The van der Waals surface area contributed by atoms with E-state index < -0.39 is 0 Å². The average molecular weight is 417 g/mol. The molecule has 29 heavy (non-hydrogen) atoms. The van der Waals surface area contributed by atoms with E-state index in [1.54, 1.807) is 0 Å². The first-order chi connectivity index (χ1) is 14.0. The van der Waals surface area contributed by atoms with Gasteiger partial charge in [0.2, 0.25) is 0 Å². The van der Waals surface area contributed by atoms with Gasteiger partial charge in [0.05, 0.1) is 24.9 Å². The van der Waals surface area contributed by atoms with Crippen molar-refractivity contribution in [1.82, 2.24) is 0 Å². The largest absolute Gasteiger partial charge is 0.494 e. The summed E-state index contributed by atoms with van der Waals surface area (Å²) in [5.74, 6) is 0.879. The van der Waals surface area contributed by atoms with Gasteiger partial charge in [-0.25, -0.2) is 0 Å². The summed E-state index contributed by atoms with van der Waals surface area (Å²) >= 11 is 6.41. The van der Waals surface area contributed by atoms with Gasteiger partial charge in [0.1, 0.15) is 5.75 Å². The molecular formula is C25H33ClO3. The van der Waals surface area contributed by atoms with Gasteiger partial charge < -0.3 is 14.6 Å². The van der Waals surface area contributed by atoms with Crippen molar-refractivity contribution >= 4 is 11.6 Å². The molecule has 0 unspecified atom stereocenters. The Hall–Kier alpha value is -1.99. The highest BCUT2D eigenvalue weighted by molar-refractivity contribution is 6.31. The molecule has 3 atom stereocenters. The first kappa shape index (κ1) is 25.0. The Kier molecular flexibility index (Phi) is 11.5. The molecule has 0 amide bonds. The molecule has 0 saturated carbocycles. The molecule has 1 aliphatic heterocycles. The third-order valence-electron chi connectivity index (χ3n) is 4.56. The van der Waals surface area contributed by atoms with Crippen LogP contribution < -0.4 is 4.74 Å². The Bertz CT molecular complexity index is 729. The Balaban J connectivity index is 0.000000989. The number of terminal acetylenes is 1. The van der Waals surface area contributed by atoms with Crippen molar-refractivity contribution in [2.75, 3.05) is 6.61 Å². The van der Waals surface area contributed by atoms with Crippen LogP contribution in [0.15, 0.2) is 42.5 Å². The van der Waals surface area contributed by atoms with E-state index in [4.69, 9.17) is 21.1 Å². The maximum Gasteiger partial charge on any atom is 0.119 e. The summed E-state index contributed by atoms with van der Waals surface area (Å²) < 4.78 is 11.5. The quantitative estimate of drug-likeness (QED) is 0.589. The Morgan fingerprint density at radius 1 is 1.10 bits per heavy atom. The van der Waals surface area contributed by atoms with E-state index in [0.717, 1.165) is 28.3 Å². The molecular weight excluding hydrogens is 384 g/mol. The standard InChI is InChI=1S/C21H25ClO3.C2H6.C2H2/c1-3-24-19-7-4-15(5-8-19)11-17-12-16(6-9-20(17)22)21-13-18(23)10-14(2)25-21;2*1-2/h4-9,12,14,18,21,23H,3,10-11,13H2,1-2H3;1-2H3;1-2H/t14-,18+,21-;;/m1../s1. The molecule has 1 heterocycles. The zero-order valence-electron chi connectivity index (χ0n) is 17.9. The molecule has 0 aromatic heterocycles. The minimum Gasteiger partial charge on any atom is -0.494 e. The van der Waals surface area contributed by atoms with Gasteiger partial charge in [-0.3, -0.25) is 0 Å². The fraction of sp³-hybridized carbons (Fsp3) is 0.440. The van der Waals surface area contributed by atoms with Crippen molar-refractivity contribution in [2.45, 2.75) is 65.3 Å². The summed E-state index contributed by atoms with van der Waals surface area (Å²) in [5.41, 5.74) is 3.33. The number of ether oxygens (including phenoxy) is 2. The second-order valence-electron chi connectivity index (χ2n) is 6.67. The lowest BCUT2D eigenvalue weighted by molar-refractivity contribution is -0.0895. The second kappa shape index (κ2) is 13.3. The van der Waals surface area contributed by atoms with Crippen molar-refractivity contribution in [3.63, 3.8) is 0 Å². The van der Waals surface area contributed by atoms with Gasteiger partial charge >= 0.3 is 0 Å². The molecule has 1 saturated heterocycles. The van der Waals surface area contributed by atoms with Crippen LogP contribution in [0.1, 0.15) is 63.3 Å². The first-order valence-corrected chi connectivity index (χ1v) is 10.6. The van der Waals surface area contributed by atoms with E-state index in [9.17, 15) is 5.11 Å². The Morgan fingerprint density at radius 3 is 2.34 bits per heavy atom. The van der Waals surface area contributed by atoms with Crippen LogP contribution in [0.3, 0.4) is 0 Å². The number of rotatable bonds is 5. The van der Waals surface area contributed by atoms with Crippen molar-refractivity contribution in [2.24, 2.45) is 0 Å². The van der Waals surface area contributed by atoms with Crippen LogP contribution in [0.2, 0.25) is 5.02 Å². The molecule has 2 aromatic rings. The van der Waals surface area contributed by atoms with Crippen LogP contribution in [-0.2, 0) is 11.2 Å². The van der Waals surface area contributed by atoms with E-state index in [0.29, 0.717) is 19.4 Å². The molecule has 4 heteroatoms. The predicted octanol–water partition coefficient (Wildman–Crippen LogP) is 6.21. The number of halogens is 1. The molecule has 1 N–H and O–H groups in total. The van der Waals surface area contributed by atoms with Crippen LogP contribution in [0, 0.1) is 12.8 Å². The number of aliphatic hydroxyl groups excluding tert-OH is 1. The third kappa shape index (κ3) is 7.74. The van der Waals surface area contributed by atoms with Crippen LogP contribution in [0.25, 0.3) is 0 Å². The van der Waals surface area contributed by atoms with E-state index in [2.05, 4.69) is 31.0 Å². The average Bonchev–Trinajstić information content (AvgIpc) is 2.73. The third-order valence-corrected chi connectivity index (χ3v) is 4.93. The molecule has 0 radical (unpaired) electrons. The van der Waals surface area contributed by atoms with E-state index in [-0.39, 0.29) is 18.3 Å². The molecule has 0 bridgehead atoms. The lowest BCUT2D eigenvalue weighted by Crippen LogP contribution is -2.29. The highest BCUT2D eigenvalue weighted by Gasteiger charge is 2.27. The number of hydrogen-bond acceptors (Lipinski definition) is 3. The summed E-state index contributed by atoms with van der Waals surface area (Å²) in [7, 11) is 0. The molecule has 0 aliphatic carbocycles. The Morgan fingerprint density at radius 2 is 1.76 bits per heavy atom. The maximum absolute atomic E-state index is 10.0. The minimum atomic E-state index is -0.306. The summed E-state index contributed by atoms with van der Waals surface area (Å²) in [6.07, 6.45) is 9.77. The van der Waals surface area contributed by atoms with Crippen LogP contribution in [-0.4, -0.2) is 23.9 Å². The van der Waals surface area contributed by atoms with Crippen LogP contribution in [0.4, 0.5) is 0 Å². The zero-order chi connectivity index (χ0) is 21.8. The summed E-state index contributed by atoms with van der Waals surface area (Å²) in [4.78, 5) is 0. The van der Waals surface area contributed by atoms with E-state index in [1.807, 2.05) is 52.0 Å². The SMILES string of the molecule is C#C.CC.CCOc1ccc(Cc2cc([C@H]3C[C@@H](O)C[C@@H](C)O3)ccc2Cl)cc1. The smallest absolute Gasteiger partial charge is 0.119 e. The number of benzene rings is 2. The molecule has 3 rings (SSSR count). The lowest BCUT2D eigenvalue weighted by Gasteiger charge is -2.31. The van der Waals surface area contributed by atoms with Crippen LogP contribution in [0.5, 0.6) is 5.75 Å². The molecule has 1 fully saturated rings. The Labute approximate surface area is 181 Å². The van der Waals surface area contributed by atoms with Crippen molar-refractivity contribution in [3.8, 4) is 18.6 Å². The molecule has 0 spiro atoms. The minimum absolute atomic E-state index is 0.0685. The number of aliphatic hydroxyl groups is 1. The second-order valence-corrected chi connectivity index (χ2v) is 7.07. The fourth-order valence-corrected chi connectivity index (χ4v) is 3.54. The normalized spacial score (nSPS) is 20.5. The fourth-order valence-electron chi connectivity index (χ4n) is 3.35. The number of hydrogen-bond donors (Lipinski definition) is 1. The van der Waals surface area contributed by atoms with Gasteiger partial charge in [0.15, 0.2) is 0 Å². The predicted molar refractivity (Wildman–Crippen MR) is 122 cm³/mol. The molecule has 3 nitrogen and oxygen atoms in total. The highest BCUT2D eigenvalue weighted by atomic mass is 35.5. The van der Waals surface area contributed by atoms with Crippen molar-refractivity contribution < 1.29 is 14.6 Å².